The van der Waals surface area contributed by atoms with Crippen LogP contribution in [0.15, 0.2) is 88.4 Å². The summed E-state index contributed by atoms with van der Waals surface area (Å²) in [6.07, 6.45) is 0.554. The highest BCUT2D eigenvalue weighted by Gasteiger charge is 2.33. The van der Waals surface area contributed by atoms with Gasteiger partial charge in [-0.1, -0.05) is 58.4 Å². The Labute approximate surface area is 176 Å². The van der Waals surface area contributed by atoms with Gasteiger partial charge in [-0.3, -0.25) is 4.79 Å². The molecule has 1 aliphatic heterocycles. The van der Waals surface area contributed by atoms with Gasteiger partial charge < -0.3 is 5.11 Å². The highest BCUT2D eigenvalue weighted by atomic mass is 79.9. The standard InChI is InChI=1S/C23H17BrN2O3/c24-19-12-10-17(11-13-19)22(27)26-21(16-4-2-1-3-5-16)14-20(25-26)15-6-8-18(9-7-15)23(28)29/h1-13,21H,14H2,(H,28,29). The van der Waals surface area contributed by atoms with Gasteiger partial charge in [0.05, 0.1) is 17.3 Å². The average Bonchev–Trinajstić information content (AvgIpc) is 3.20. The number of hydrogen-bond donors (Lipinski definition) is 1. The SMILES string of the molecule is O=C(O)c1ccc(C2=NN(C(=O)c3ccc(Br)cc3)C(c3ccccc3)C2)cc1. The lowest BCUT2D eigenvalue weighted by Crippen LogP contribution is -2.27. The molecular formula is C23H17BrN2O3. The van der Waals surface area contributed by atoms with E-state index in [1.54, 1.807) is 36.4 Å². The summed E-state index contributed by atoms with van der Waals surface area (Å²) in [6.45, 7) is 0. The number of carboxylic acid groups (broad SMARTS) is 1. The molecule has 1 atom stereocenters. The Morgan fingerprint density at radius 1 is 0.897 bits per heavy atom. The summed E-state index contributed by atoms with van der Waals surface area (Å²) < 4.78 is 0.901. The van der Waals surface area contributed by atoms with Crippen LogP contribution in [-0.2, 0) is 0 Å². The summed E-state index contributed by atoms with van der Waals surface area (Å²) in [6, 6.07) is 23.3. The number of carboxylic acids is 1. The molecule has 4 rings (SSSR count). The zero-order valence-corrected chi connectivity index (χ0v) is 16.9. The van der Waals surface area contributed by atoms with Gasteiger partial charge in [-0.15, -0.1) is 0 Å². The quantitative estimate of drug-likeness (QED) is 0.600. The van der Waals surface area contributed by atoms with Crippen LogP contribution in [0.25, 0.3) is 0 Å². The average molecular weight is 449 g/mol. The number of benzene rings is 3. The molecule has 1 unspecified atom stereocenters. The molecule has 5 nitrogen and oxygen atoms in total. The fourth-order valence-electron chi connectivity index (χ4n) is 3.34. The van der Waals surface area contributed by atoms with E-state index in [2.05, 4.69) is 21.0 Å². The Morgan fingerprint density at radius 2 is 1.52 bits per heavy atom. The minimum atomic E-state index is -0.973. The molecule has 29 heavy (non-hydrogen) atoms. The van der Waals surface area contributed by atoms with Gasteiger partial charge >= 0.3 is 5.97 Å². The number of halogens is 1. The first-order valence-electron chi connectivity index (χ1n) is 9.08. The molecule has 0 aromatic heterocycles. The van der Waals surface area contributed by atoms with Crippen LogP contribution < -0.4 is 0 Å². The molecule has 1 aliphatic rings. The van der Waals surface area contributed by atoms with E-state index in [0.29, 0.717) is 12.0 Å². The van der Waals surface area contributed by atoms with E-state index < -0.39 is 5.97 Å². The Hall–Kier alpha value is -3.25. The number of rotatable bonds is 4. The number of nitrogens with zero attached hydrogens (tertiary/aromatic N) is 2. The Morgan fingerprint density at radius 3 is 2.14 bits per heavy atom. The first-order valence-corrected chi connectivity index (χ1v) is 9.87. The minimum Gasteiger partial charge on any atom is -0.478 e. The lowest BCUT2D eigenvalue weighted by Gasteiger charge is -2.22. The molecule has 0 spiro atoms. The molecule has 0 fully saturated rings. The molecule has 6 heteroatoms. The summed E-state index contributed by atoms with van der Waals surface area (Å²) >= 11 is 3.39. The van der Waals surface area contributed by atoms with Crippen molar-refractivity contribution in [3.05, 3.63) is 106 Å². The van der Waals surface area contributed by atoms with Crippen LogP contribution in [0.2, 0.25) is 0 Å². The predicted octanol–water partition coefficient (Wildman–Crippen LogP) is 5.14. The van der Waals surface area contributed by atoms with Crippen molar-refractivity contribution in [1.29, 1.82) is 0 Å². The molecule has 0 saturated heterocycles. The second-order valence-corrected chi connectivity index (χ2v) is 7.63. The van der Waals surface area contributed by atoms with Gasteiger partial charge in [-0.25, -0.2) is 9.80 Å². The zero-order chi connectivity index (χ0) is 20.4. The molecule has 0 saturated carbocycles. The van der Waals surface area contributed by atoms with Gasteiger partial charge in [-0.2, -0.15) is 5.10 Å². The van der Waals surface area contributed by atoms with Crippen molar-refractivity contribution in [2.75, 3.05) is 0 Å². The maximum atomic E-state index is 13.2. The number of aromatic carboxylic acids is 1. The largest absolute Gasteiger partial charge is 0.478 e. The van der Waals surface area contributed by atoms with Gasteiger partial charge in [-0.05, 0) is 47.5 Å². The van der Waals surface area contributed by atoms with Crippen molar-refractivity contribution < 1.29 is 14.7 Å². The highest BCUT2D eigenvalue weighted by molar-refractivity contribution is 9.10. The van der Waals surface area contributed by atoms with E-state index in [4.69, 9.17) is 5.11 Å². The molecule has 1 amide bonds. The fourth-order valence-corrected chi connectivity index (χ4v) is 3.60. The van der Waals surface area contributed by atoms with Crippen molar-refractivity contribution in [2.24, 2.45) is 5.10 Å². The first kappa shape index (κ1) is 19.1. The van der Waals surface area contributed by atoms with Gasteiger partial charge in [0, 0.05) is 16.5 Å². The molecule has 0 aliphatic carbocycles. The Kier molecular flexibility index (Phi) is 5.27. The smallest absolute Gasteiger partial charge is 0.335 e. The first-order chi connectivity index (χ1) is 14.0. The van der Waals surface area contributed by atoms with E-state index in [-0.39, 0.29) is 17.5 Å². The number of amides is 1. The monoisotopic (exact) mass is 448 g/mol. The minimum absolute atomic E-state index is 0.177. The third-order valence-corrected chi connectivity index (χ3v) is 5.39. The maximum absolute atomic E-state index is 13.2. The summed E-state index contributed by atoms with van der Waals surface area (Å²) in [5, 5.41) is 15.3. The highest BCUT2D eigenvalue weighted by Crippen LogP contribution is 2.34. The number of hydrogen-bond acceptors (Lipinski definition) is 3. The zero-order valence-electron chi connectivity index (χ0n) is 15.3. The van der Waals surface area contributed by atoms with E-state index in [0.717, 1.165) is 21.3 Å². The Balaban J connectivity index is 1.70. The summed E-state index contributed by atoms with van der Waals surface area (Å²) in [4.78, 5) is 24.3. The summed E-state index contributed by atoms with van der Waals surface area (Å²) in [5.41, 5.74) is 3.33. The van der Waals surface area contributed by atoms with Crippen LogP contribution in [-0.4, -0.2) is 27.7 Å². The van der Waals surface area contributed by atoms with Gasteiger partial charge in [0.2, 0.25) is 0 Å². The van der Waals surface area contributed by atoms with E-state index in [9.17, 15) is 9.59 Å². The second-order valence-electron chi connectivity index (χ2n) is 6.72. The maximum Gasteiger partial charge on any atom is 0.335 e. The van der Waals surface area contributed by atoms with E-state index in [1.807, 2.05) is 42.5 Å². The van der Waals surface area contributed by atoms with E-state index >= 15 is 0 Å². The van der Waals surface area contributed by atoms with Gasteiger partial charge in [0.25, 0.3) is 5.91 Å². The van der Waals surface area contributed by atoms with Gasteiger partial charge in [0.1, 0.15) is 0 Å². The molecule has 3 aromatic carbocycles. The number of carbonyl (C=O) groups excluding carboxylic acids is 1. The van der Waals surface area contributed by atoms with Crippen LogP contribution in [0.1, 0.15) is 44.3 Å². The molecule has 144 valence electrons. The Bertz CT molecular complexity index is 1080. The second kappa shape index (κ2) is 8.01. The third-order valence-electron chi connectivity index (χ3n) is 4.86. The number of hydrazone groups is 1. The van der Waals surface area contributed by atoms with Crippen LogP contribution in [0, 0.1) is 0 Å². The van der Waals surface area contributed by atoms with Crippen molar-refractivity contribution in [3.8, 4) is 0 Å². The normalized spacial score (nSPS) is 15.8. The fraction of sp³-hybridized carbons (Fsp3) is 0.0870. The van der Waals surface area contributed by atoms with Crippen LogP contribution in [0.3, 0.4) is 0 Å². The van der Waals surface area contributed by atoms with Gasteiger partial charge in [0.15, 0.2) is 0 Å². The van der Waals surface area contributed by atoms with Crippen molar-refractivity contribution >= 4 is 33.5 Å². The molecule has 3 aromatic rings. The lowest BCUT2D eigenvalue weighted by molar-refractivity contribution is 0.0692. The predicted molar refractivity (Wildman–Crippen MR) is 114 cm³/mol. The molecule has 1 N–H and O–H groups in total. The van der Waals surface area contributed by atoms with Crippen molar-refractivity contribution in [2.45, 2.75) is 12.5 Å². The molecule has 0 bridgehead atoms. The summed E-state index contributed by atoms with van der Waals surface area (Å²) in [5.74, 6) is -1.15. The van der Waals surface area contributed by atoms with Crippen LogP contribution >= 0.6 is 15.9 Å². The topological polar surface area (TPSA) is 70.0 Å². The van der Waals surface area contributed by atoms with E-state index in [1.165, 1.54) is 5.01 Å². The summed E-state index contributed by atoms with van der Waals surface area (Å²) in [7, 11) is 0. The molecule has 0 radical (unpaired) electrons. The van der Waals surface area contributed by atoms with Crippen molar-refractivity contribution in [3.63, 3.8) is 0 Å². The number of carbonyl (C=O) groups is 2. The van der Waals surface area contributed by atoms with Crippen LogP contribution in [0.5, 0.6) is 0 Å². The lowest BCUT2D eigenvalue weighted by atomic mass is 9.97. The molecular weight excluding hydrogens is 432 g/mol. The molecule has 1 heterocycles. The third kappa shape index (κ3) is 3.98. The van der Waals surface area contributed by atoms with Crippen LogP contribution in [0.4, 0.5) is 0 Å². The van der Waals surface area contributed by atoms with Crippen molar-refractivity contribution in [1.82, 2.24) is 5.01 Å².